The number of anilines is 1. The Morgan fingerprint density at radius 2 is 1.84 bits per heavy atom. The first kappa shape index (κ1) is 38.2. The number of amides is 3. The number of rotatable bonds is 14. The van der Waals surface area contributed by atoms with E-state index in [0.717, 1.165) is 43.4 Å². The monoisotopic (exact) mass is 772 g/mol. The van der Waals surface area contributed by atoms with Crippen LogP contribution in [0, 0.1) is 0 Å². The van der Waals surface area contributed by atoms with E-state index in [1.165, 1.54) is 17.5 Å². The molecule has 2 atom stereocenters. The van der Waals surface area contributed by atoms with Crippen molar-refractivity contribution in [2.45, 2.75) is 43.0 Å². The number of pyridine rings is 1. The van der Waals surface area contributed by atoms with E-state index in [9.17, 15) is 60.8 Å². The minimum Gasteiger partial charge on any atom is -0.503 e. The number of carboxylic acids is 1. The number of carbonyl (C=O) groups is 4. The van der Waals surface area contributed by atoms with E-state index in [2.05, 4.69) is 25.5 Å². The first-order chi connectivity index (χ1) is 23.6. The first-order valence-corrected chi connectivity index (χ1v) is 17.7. The number of carboxylic acid groups (broad SMARTS) is 1. The van der Waals surface area contributed by atoms with Gasteiger partial charge in [0.1, 0.15) is 11.7 Å². The average molecular weight is 773 g/mol. The zero-order valence-corrected chi connectivity index (χ0v) is 28.5. The summed E-state index contributed by atoms with van der Waals surface area (Å²) in [6.07, 6.45) is 0.660. The van der Waals surface area contributed by atoms with Gasteiger partial charge in [0, 0.05) is 23.6 Å². The van der Waals surface area contributed by atoms with Crippen LogP contribution in [0.4, 0.5) is 5.13 Å². The molecule has 22 nitrogen and oxygen atoms in total. The van der Waals surface area contributed by atoms with Gasteiger partial charge in [-0.15, -0.1) is 11.3 Å². The number of hydrogen-bond acceptors (Lipinski definition) is 16. The van der Waals surface area contributed by atoms with Gasteiger partial charge in [-0.1, -0.05) is 11.2 Å². The molecule has 3 amide bonds. The molecule has 2 unspecified atom stereocenters. The normalized spacial score (nSPS) is 16.6. The summed E-state index contributed by atoms with van der Waals surface area (Å²) in [5.41, 5.74) is 1.44. The number of oxime groups is 1. The third-order valence-corrected chi connectivity index (χ3v) is 10.00. The third-order valence-electron chi connectivity index (χ3n) is 6.97. The molecule has 51 heavy (non-hydrogen) atoms. The number of nitrogens with two attached hydrogens (primary N) is 1. The average Bonchev–Trinajstić information content (AvgIpc) is 3.47. The predicted octanol–water partition coefficient (Wildman–Crippen LogP) is -2.18. The number of nitrogens with one attached hydrogen (secondary N) is 3. The molecule has 1 saturated heterocycles. The molecule has 1 aliphatic heterocycles. The van der Waals surface area contributed by atoms with Gasteiger partial charge in [0.2, 0.25) is 21.1 Å². The Balaban J connectivity index is 1.51. The molecule has 3 heterocycles. The lowest BCUT2D eigenvalue weighted by Crippen LogP contribution is -2.74. The molecule has 0 spiro atoms. The zero-order valence-electron chi connectivity index (χ0n) is 26.1. The molecule has 0 bridgehead atoms. The lowest BCUT2D eigenvalue weighted by molar-refractivity contribution is -0.161. The second-order valence-electron chi connectivity index (χ2n) is 11.0. The largest absolute Gasteiger partial charge is 0.503 e. The second kappa shape index (κ2) is 14.3. The lowest BCUT2D eigenvalue weighted by Gasteiger charge is -2.44. The summed E-state index contributed by atoms with van der Waals surface area (Å²) in [6.45, 7) is 0.913. The fourth-order valence-corrected chi connectivity index (χ4v) is 6.68. The van der Waals surface area contributed by atoms with Crippen molar-refractivity contribution in [3.8, 4) is 5.75 Å². The van der Waals surface area contributed by atoms with Gasteiger partial charge < -0.3 is 36.6 Å². The summed E-state index contributed by atoms with van der Waals surface area (Å²) in [7, 11) is -9.61. The minimum atomic E-state index is -5.22. The number of nitrogen functional groups attached to an aromatic ring is 1. The SMILES string of the molecule is CC(C)(ON=C(C(=O)NC1C(=O)N(S(=O)(=O)O)C1CNC(=O)c1cccc(S(=O)(=O)NCc2cc(=O)c(O)cn2O)c1)c1csc(N)n1)C(=O)O. The summed E-state index contributed by atoms with van der Waals surface area (Å²) in [5.74, 6) is -5.76. The van der Waals surface area contributed by atoms with Crippen molar-refractivity contribution in [3.05, 3.63) is 69.1 Å². The Bertz CT molecular complexity index is 2220. The number of aliphatic carboxylic acids is 1. The summed E-state index contributed by atoms with van der Waals surface area (Å²) in [6, 6.07) is 1.84. The van der Waals surface area contributed by atoms with Gasteiger partial charge in [0.15, 0.2) is 16.6 Å². The van der Waals surface area contributed by atoms with E-state index in [-0.39, 0.29) is 26.4 Å². The molecule has 2 aromatic heterocycles. The number of β-lactam (4-membered cyclic amide) rings is 1. The number of aromatic nitrogens is 2. The molecule has 0 aliphatic carbocycles. The number of benzene rings is 1. The molecule has 1 aliphatic rings. The predicted molar refractivity (Wildman–Crippen MR) is 172 cm³/mol. The van der Waals surface area contributed by atoms with Crippen molar-refractivity contribution in [2.24, 2.45) is 5.16 Å². The van der Waals surface area contributed by atoms with E-state index < -0.39 is 96.6 Å². The van der Waals surface area contributed by atoms with Crippen LogP contribution in [-0.2, 0) is 46.1 Å². The molecule has 0 saturated carbocycles. The van der Waals surface area contributed by atoms with E-state index in [1.807, 2.05) is 0 Å². The highest BCUT2D eigenvalue weighted by molar-refractivity contribution is 7.89. The Morgan fingerprint density at radius 3 is 2.45 bits per heavy atom. The maximum Gasteiger partial charge on any atom is 0.362 e. The van der Waals surface area contributed by atoms with Crippen LogP contribution in [0.15, 0.2) is 56.8 Å². The lowest BCUT2D eigenvalue weighted by atomic mass is 9.98. The Labute approximate surface area is 291 Å². The number of carbonyl (C=O) groups excluding carboxylic acids is 3. The number of thiazole rings is 1. The van der Waals surface area contributed by atoms with Gasteiger partial charge in [0.25, 0.3) is 17.7 Å². The summed E-state index contributed by atoms with van der Waals surface area (Å²) in [5, 5.41) is 37.8. The Hall–Kier alpha value is -5.63. The standard InChI is InChI=1S/C26H28N8O14S3/c1-26(2,24(40)41)48-32-19(15-11-49-25(27)30-15)22(38)31-20-16(34(23(20)39)51(45,46)47)9-28-21(37)12-4-3-5-14(6-12)50(43,44)29-8-13-7-17(35)18(36)10-33(13)42/h3-7,10-11,16,20,29,36,42H,8-9H2,1-2H3,(H2,27,30)(H,28,37)(H,31,38)(H,40,41)(H,45,46,47). The van der Waals surface area contributed by atoms with Crippen molar-refractivity contribution in [2.75, 3.05) is 12.3 Å². The maximum absolute atomic E-state index is 13.3. The molecule has 1 aromatic carbocycles. The van der Waals surface area contributed by atoms with Crippen LogP contribution in [0.25, 0.3) is 0 Å². The highest BCUT2D eigenvalue weighted by Gasteiger charge is 2.54. The summed E-state index contributed by atoms with van der Waals surface area (Å²) >= 11 is 0.875. The van der Waals surface area contributed by atoms with Crippen LogP contribution in [0.2, 0.25) is 0 Å². The fourth-order valence-electron chi connectivity index (χ4n) is 4.21. The van der Waals surface area contributed by atoms with Gasteiger partial charge in [-0.2, -0.15) is 13.1 Å². The van der Waals surface area contributed by atoms with E-state index in [0.29, 0.717) is 10.9 Å². The molecular weight excluding hydrogens is 745 g/mol. The smallest absolute Gasteiger partial charge is 0.362 e. The zero-order chi connectivity index (χ0) is 38.1. The highest BCUT2D eigenvalue weighted by atomic mass is 32.2. The number of nitrogens with zero attached hydrogens (tertiary/aromatic N) is 4. The third kappa shape index (κ3) is 8.58. The minimum absolute atomic E-state index is 0.0191. The Kier molecular flexibility index (Phi) is 10.7. The second-order valence-corrected chi connectivity index (χ2v) is 14.9. The fraction of sp³-hybridized carbons (Fsp3) is 0.269. The van der Waals surface area contributed by atoms with E-state index in [1.54, 1.807) is 0 Å². The van der Waals surface area contributed by atoms with Crippen LogP contribution in [0.3, 0.4) is 0 Å². The molecule has 1 fully saturated rings. The van der Waals surface area contributed by atoms with E-state index >= 15 is 0 Å². The highest BCUT2D eigenvalue weighted by Crippen LogP contribution is 2.24. The van der Waals surface area contributed by atoms with Crippen molar-refractivity contribution in [3.63, 3.8) is 0 Å². The van der Waals surface area contributed by atoms with Gasteiger partial charge in [-0.25, -0.2) is 27.2 Å². The van der Waals surface area contributed by atoms with Crippen LogP contribution in [0.1, 0.15) is 35.6 Å². The van der Waals surface area contributed by atoms with Gasteiger partial charge in [-0.3, -0.25) is 23.7 Å². The van der Waals surface area contributed by atoms with Crippen LogP contribution in [0.5, 0.6) is 5.75 Å². The molecule has 3 aromatic rings. The van der Waals surface area contributed by atoms with Crippen molar-refractivity contribution < 1.29 is 60.8 Å². The number of hydrogen-bond donors (Lipinski definition) is 8. The molecule has 4 rings (SSSR count). The van der Waals surface area contributed by atoms with Gasteiger partial charge in [0.05, 0.1) is 29.4 Å². The van der Waals surface area contributed by atoms with Crippen molar-refractivity contribution >= 4 is 66.2 Å². The molecule has 0 radical (unpaired) electrons. The van der Waals surface area contributed by atoms with Crippen molar-refractivity contribution in [1.29, 1.82) is 0 Å². The van der Waals surface area contributed by atoms with Crippen LogP contribution < -0.4 is 26.5 Å². The number of sulfonamides is 1. The summed E-state index contributed by atoms with van der Waals surface area (Å²) in [4.78, 5) is 70.6. The van der Waals surface area contributed by atoms with E-state index in [4.69, 9.17) is 10.6 Å². The molecular formula is C26H28N8O14S3. The topological polar surface area (TPSA) is 339 Å². The van der Waals surface area contributed by atoms with Crippen molar-refractivity contribution in [1.82, 2.24) is 29.4 Å². The molecule has 274 valence electrons. The van der Waals surface area contributed by atoms with Crippen LogP contribution in [-0.4, -0.2) is 104 Å². The maximum atomic E-state index is 13.3. The molecule has 25 heteroatoms. The Morgan fingerprint density at radius 1 is 1.16 bits per heavy atom. The van der Waals surface area contributed by atoms with Gasteiger partial charge >= 0.3 is 16.3 Å². The molecule has 9 N–H and O–H groups in total. The van der Waals surface area contributed by atoms with Gasteiger partial charge in [-0.05, 0) is 32.0 Å². The number of aromatic hydroxyl groups is 1. The summed E-state index contributed by atoms with van der Waals surface area (Å²) < 4.78 is 61.8. The van der Waals surface area contributed by atoms with Crippen LogP contribution >= 0.6 is 11.3 Å². The first-order valence-electron chi connectivity index (χ1n) is 14.0. The quantitative estimate of drug-likeness (QED) is 0.0284.